The van der Waals surface area contributed by atoms with Crippen LogP contribution in [0.15, 0.2) is 90.4 Å². The molecule has 3 aliphatic rings. The van der Waals surface area contributed by atoms with Crippen molar-refractivity contribution in [3.8, 4) is 5.75 Å². The Kier molecular flexibility index (Phi) is 10.6. The number of imidazole rings is 1. The SMILES string of the molecule is CC(C)CN1CCS/C1=N/c1ccc(N2CCN(c3ccc(OCC4COC(Cn5ccnc5)(c5ccc(Cl)cc5Cl)O4)cc3)CC2)cc1. The number of anilines is 2. The van der Waals surface area contributed by atoms with Gasteiger partial charge in [-0.25, -0.2) is 9.98 Å². The van der Waals surface area contributed by atoms with Crippen molar-refractivity contribution in [1.82, 2.24) is 14.5 Å². The lowest BCUT2D eigenvalue weighted by molar-refractivity contribution is -0.189. The summed E-state index contributed by atoms with van der Waals surface area (Å²) in [7, 11) is 0. The number of ether oxygens (including phenoxy) is 3. The minimum atomic E-state index is -1.08. The number of benzene rings is 3. The third-order valence-corrected chi connectivity index (χ3v) is 10.5. The summed E-state index contributed by atoms with van der Waals surface area (Å²) in [6.07, 6.45) is 5.04. The highest BCUT2D eigenvalue weighted by molar-refractivity contribution is 8.14. The minimum Gasteiger partial charge on any atom is -0.491 e. The van der Waals surface area contributed by atoms with Gasteiger partial charge < -0.3 is 33.5 Å². The quantitative estimate of drug-likeness (QED) is 0.157. The van der Waals surface area contributed by atoms with E-state index in [2.05, 4.69) is 69.9 Å². The Morgan fingerprint density at radius 1 is 0.959 bits per heavy atom. The van der Waals surface area contributed by atoms with E-state index in [0.29, 0.717) is 35.7 Å². The first-order valence-electron chi connectivity index (χ1n) is 16.9. The zero-order valence-electron chi connectivity index (χ0n) is 27.9. The molecule has 258 valence electrons. The average Bonchev–Trinajstić information content (AvgIpc) is 3.87. The largest absolute Gasteiger partial charge is 0.491 e. The minimum absolute atomic E-state index is 0.286. The van der Waals surface area contributed by atoms with Gasteiger partial charge in [-0.3, -0.25) is 0 Å². The molecular formula is C37H42Cl2N6O3S. The first-order chi connectivity index (χ1) is 23.8. The molecule has 0 radical (unpaired) electrons. The molecule has 49 heavy (non-hydrogen) atoms. The maximum atomic E-state index is 6.61. The van der Waals surface area contributed by atoms with Crippen LogP contribution in [-0.4, -0.2) is 84.0 Å². The van der Waals surface area contributed by atoms with Gasteiger partial charge in [0.25, 0.3) is 0 Å². The smallest absolute Gasteiger partial charge is 0.215 e. The molecule has 3 saturated heterocycles. The van der Waals surface area contributed by atoms with Crippen LogP contribution in [0.1, 0.15) is 19.4 Å². The van der Waals surface area contributed by atoms with Gasteiger partial charge in [-0.05, 0) is 66.6 Å². The second-order valence-electron chi connectivity index (χ2n) is 13.0. The number of piperazine rings is 1. The van der Waals surface area contributed by atoms with Gasteiger partial charge in [0.15, 0.2) is 5.17 Å². The first kappa shape index (κ1) is 34.1. The van der Waals surface area contributed by atoms with Gasteiger partial charge in [-0.1, -0.05) is 54.9 Å². The van der Waals surface area contributed by atoms with Gasteiger partial charge in [-0.15, -0.1) is 0 Å². The molecule has 1 aromatic heterocycles. The van der Waals surface area contributed by atoms with Crippen LogP contribution in [0.3, 0.4) is 0 Å². The summed E-state index contributed by atoms with van der Waals surface area (Å²) in [5, 5.41) is 2.19. The normalized spacial score (nSPS) is 22.1. The molecule has 2 atom stereocenters. The van der Waals surface area contributed by atoms with Crippen LogP contribution in [0.25, 0.3) is 0 Å². The highest BCUT2D eigenvalue weighted by Gasteiger charge is 2.45. The number of aromatic nitrogens is 2. The number of nitrogens with zero attached hydrogens (tertiary/aromatic N) is 6. The Balaban J connectivity index is 0.909. The van der Waals surface area contributed by atoms with E-state index in [-0.39, 0.29) is 6.10 Å². The second kappa shape index (κ2) is 15.2. The maximum Gasteiger partial charge on any atom is 0.215 e. The van der Waals surface area contributed by atoms with Crippen LogP contribution in [0.2, 0.25) is 10.0 Å². The zero-order valence-corrected chi connectivity index (χ0v) is 30.2. The van der Waals surface area contributed by atoms with Gasteiger partial charge >= 0.3 is 0 Å². The third-order valence-electron chi connectivity index (χ3n) is 8.96. The summed E-state index contributed by atoms with van der Waals surface area (Å²) >= 11 is 14.6. The van der Waals surface area contributed by atoms with Crippen LogP contribution in [0, 0.1) is 5.92 Å². The number of thioether (sulfide) groups is 1. The molecule has 4 aromatic rings. The monoisotopic (exact) mass is 720 g/mol. The maximum absolute atomic E-state index is 6.61. The molecule has 0 N–H and O–H groups in total. The van der Waals surface area contributed by atoms with E-state index < -0.39 is 5.79 Å². The number of halogens is 2. The number of hydrogen-bond acceptors (Lipinski definition) is 8. The molecule has 0 saturated carbocycles. The summed E-state index contributed by atoms with van der Waals surface area (Å²) in [4.78, 5) is 16.4. The molecular weight excluding hydrogens is 679 g/mol. The Bertz CT molecular complexity index is 1720. The molecule has 3 aromatic carbocycles. The van der Waals surface area contributed by atoms with Gasteiger partial charge in [0.05, 0.1) is 30.2 Å². The Hall–Kier alpha value is -3.41. The topological polar surface area (TPSA) is 67.6 Å². The Labute approximate surface area is 302 Å². The molecule has 3 aliphatic heterocycles. The molecule has 0 amide bonds. The van der Waals surface area contributed by atoms with Crippen LogP contribution in [0.4, 0.5) is 17.1 Å². The van der Waals surface area contributed by atoms with Crippen molar-refractivity contribution >= 4 is 57.2 Å². The molecule has 3 fully saturated rings. The van der Waals surface area contributed by atoms with E-state index in [9.17, 15) is 0 Å². The molecule has 2 unspecified atom stereocenters. The fourth-order valence-electron chi connectivity index (χ4n) is 6.54. The lowest BCUT2D eigenvalue weighted by atomic mass is 10.1. The van der Waals surface area contributed by atoms with E-state index in [1.807, 2.05) is 40.7 Å². The predicted molar refractivity (Wildman–Crippen MR) is 200 cm³/mol. The van der Waals surface area contributed by atoms with Gasteiger partial charge in [0, 0.05) is 79.4 Å². The standard InChI is InChI=1S/C37H42Cl2N6O3S/c1-27(2)22-45-19-20-49-36(45)41-29-4-6-30(7-5-29)43-15-17-44(18-16-43)31-8-10-32(11-9-31)46-23-33-24-47-37(48-33,25-42-14-13-40-26-42)34-12-3-28(38)21-35(34)39/h3-14,21,26-27,33H,15-20,22-25H2,1-2H3/b41-36+. The van der Waals surface area contributed by atoms with Crippen molar-refractivity contribution in [2.24, 2.45) is 10.9 Å². The van der Waals surface area contributed by atoms with Crippen LogP contribution in [0.5, 0.6) is 5.75 Å². The van der Waals surface area contributed by atoms with Crippen molar-refractivity contribution in [1.29, 1.82) is 0 Å². The van der Waals surface area contributed by atoms with E-state index in [1.165, 1.54) is 11.4 Å². The highest BCUT2D eigenvalue weighted by atomic mass is 35.5. The summed E-state index contributed by atoms with van der Waals surface area (Å²) in [5.74, 6) is 1.45. The Morgan fingerprint density at radius 3 is 2.33 bits per heavy atom. The summed E-state index contributed by atoms with van der Waals surface area (Å²) in [6, 6.07) is 22.4. The fourth-order valence-corrected chi connectivity index (χ4v) is 8.10. The third kappa shape index (κ3) is 8.15. The molecule has 0 aliphatic carbocycles. The number of hydrogen-bond donors (Lipinski definition) is 0. The zero-order chi connectivity index (χ0) is 33.8. The van der Waals surface area contributed by atoms with Gasteiger partial charge in [-0.2, -0.15) is 0 Å². The van der Waals surface area contributed by atoms with Crippen LogP contribution in [-0.2, 0) is 21.8 Å². The Morgan fingerprint density at radius 2 is 1.67 bits per heavy atom. The number of amidine groups is 1. The van der Waals surface area contributed by atoms with Crippen molar-refractivity contribution in [2.45, 2.75) is 32.3 Å². The summed E-state index contributed by atoms with van der Waals surface area (Å²) < 4.78 is 20.9. The molecule has 0 bridgehead atoms. The molecule has 9 nitrogen and oxygen atoms in total. The van der Waals surface area contributed by atoms with Crippen molar-refractivity contribution in [2.75, 3.05) is 68.0 Å². The van der Waals surface area contributed by atoms with Crippen molar-refractivity contribution in [3.63, 3.8) is 0 Å². The molecule has 12 heteroatoms. The fraction of sp³-hybridized carbons (Fsp3) is 0.405. The number of rotatable bonds is 11. The van der Waals surface area contributed by atoms with Crippen LogP contribution < -0.4 is 14.5 Å². The molecule has 4 heterocycles. The highest BCUT2D eigenvalue weighted by Crippen LogP contribution is 2.40. The first-order valence-corrected chi connectivity index (χ1v) is 18.6. The van der Waals surface area contributed by atoms with E-state index >= 15 is 0 Å². The van der Waals surface area contributed by atoms with Crippen LogP contribution >= 0.6 is 35.0 Å². The number of aliphatic imine (C=N–C) groups is 1. The summed E-state index contributed by atoms with van der Waals surface area (Å²) in [5.41, 5.74) is 4.18. The average molecular weight is 722 g/mol. The second-order valence-corrected chi connectivity index (χ2v) is 14.9. The van der Waals surface area contributed by atoms with Crippen molar-refractivity contribution < 1.29 is 14.2 Å². The molecule has 0 spiro atoms. The molecule has 7 rings (SSSR count). The van der Waals surface area contributed by atoms with Gasteiger partial charge in [0.1, 0.15) is 18.5 Å². The van der Waals surface area contributed by atoms with Crippen molar-refractivity contribution in [3.05, 3.63) is 101 Å². The predicted octanol–water partition coefficient (Wildman–Crippen LogP) is 7.56. The summed E-state index contributed by atoms with van der Waals surface area (Å²) in [6.45, 7) is 11.6. The lowest BCUT2D eigenvalue weighted by Gasteiger charge is -2.37. The van der Waals surface area contributed by atoms with E-state index in [4.69, 9.17) is 42.4 Å². The van der Waals surface area contributed by atoms with Gasteiger partial charge in [0.2, 0.25) is 5.79 Å². The van der Waals surface area contributed by atoms with E-state index in [0.717, 1.165) is 67.2 Å². The van der Waals surface area contributed by atoms with E-state index in [1.54, 1.807) is 24.7 Å². The lowest BCUT2D eigenvalue weighted by Crippen LogP contribution is -2.46.